The molecule has 0 aromatic heterocycles. The molecular weight excluding hydrogens is 344 g/mol. The number of halogens is 2. The Morgan fingerprint density at radius 2 is 1.88 bits per heavy atom. The number of ether oxygens (including phenoxy) is 1. The van der Waals surface area contributed by atoms with Crippen molar-refractivity contribution in [2.24, 2.45) is 0 Å². The Hall–Kier alpha value is -0.800. The van der Waals surface area contributed by atoms with E-state index >= 15 is 0 Å². The van der Waals surface area contributed by atoms with E-state index in [1.807, 2.05) is 24.3 Å². The summed E-state index contributed by atoms with van der Waals surface area (Å²) in [4.78, 5) is 0. The molecule has 17 heavy (non-hydrogen) atoms. The van der Waals surface area contributed by atoms with Gasteiger partial charge < -0.3 is 4.74 Å². The highest BCUT2D eigenvalue weighted by Gasteiger charge is 2.08. The van der Waals surface area contributed by atoms with Crippen molar-refractivity contribution in [3.63, 3.8) is 0 Å². The van der Waals surface area contributed by atoms with Gasteiger partial charge in [-0.2, -0.15) is 0 Å². The summed E-state index contributed by atoms with van der Waals surface area (Å²) < 4.78 is 7.34. The van der Waals surface area contributed by atoms with E-state index in [9.17, 15) is 0 Å². The van der Waals surface area contributed by atoms with Crippen molar-refractivity contribution >= 4 is 31.9 Å². The van der Waals surface area contributed by atoms with Gasteiger partial charge in [-0.15, -0.1) is 0 Å². The third kappa shape index (κ3) is 2.72. The second kappa shape index (κ2) is 5.23. The molecule has 87 valence electrons. The summed E-state index contributed by atoms with van der Waals surface area (Å²) in [6.45, 7) is 2.07. The topological polar surface area (TPSA) is 9.23 Å². The van der Waals surface area contributed by atoms with Crippen LogP contribution in [-0.2, 0) is 0 Å². The van der Waals surface area contributed by atoms with E-state index in [0.29, 0.717) is 0 Å². The maximum absolute atomic E-state index is 5.22. The predicted octanol–water partition coefficient (Wildman–Crippen LogP) is 5.00. The summed E-state index contributed by atoms with van der Waals surface area (Å²) in [6.07, 6.45) is 0. The monoisotopic (exact) mass is 353 g/mol. The van der Waals surface area contributed by atoms with Crippen LogP contribution >= 0.6 is 31.9 Å². The Balaban J connectivity index is 2.62. The fraction of sp³-hybridized carbons (Fsp3) is 0.143. The number of benzene rings is 2. The van der Waals surface area contributed by atoms with Crippen molar-refractivity contribution in [2.45, 2.75) is 6.92 Å². The third-order valence-electron chi connectivity index (χ3n) is 2.57. The Kier molecular flexibility index (Phi) is 3.89. The standard InChI is InChI=1S/C14H11Br2O/c1-9-3-5-11(17-2)8-12(9)13-7-10(15)4-6-14(13)16/h3-4,6-8H,1-2H3. The van der Waals surface area contributed by atoms with Gasteiger partial charge >= 0.3 is 0 Å². The van der Waals surface area contributed by atoms with Crippen molar-refractivity contribution < 1.29 is 4.74 Å². The zero-order valence-corrected chi connectivity index (χ0v) is 12.7. The van der Waals surface area contributed by atoms with Gasteiger partial charge in [0.05, 0.1) is 7.11 Å². The van der Waals surface area contributed by atoms with Crippen LogP contribution in [0.15, 0.2) is 39.3 Å². The van der Waals surface area contributed by atoms with E-state index < -0.39 is 0 Å². The second-order valence-corrected chi connectivity index (χ2v) is 5.49. The SMILES string of the molecule is COc1[c]cc(C)c(-c2cc(Br)ccc2Br)c1. The fourth-order valence-corrected chi connectivity index (χ4v) is 2.48. The molecule has 0 bridgehead atoms. The van der Waals surface area contributed by atoms with Crippen molar-refractivity contribution in [1.82, 2.24) is 0 Å². The van der Waals surface area contributed by atoms with Crippen molar-refractivity contribution in [1.29, 1.82) is 0 Å². The lowest BCUT2D eigenvalue weighted by Gasteiger charge is -2.10. The van der Waals surface area contributed by atoms with Crippen LogP contribution < -0.4 is 4.74 Å². The molecule has 0 N–H and O–H groups in total. The van der Waals surface area contributed by atoms with E-state index in [1.165, 1.54) is 5.56 Å². The number of aryl methyl sites for hydroxylation is 1. The average molecular weight is 355 g/mol. The molecule has 0 unspecified atom stereocenters. The highest BCUT2D eigenvalue weighted by Crippen LogP contribution is 2.34. The average Bonchev–Trinajstić information content (AvgIpc) is 2.33. The van der Waals surface area contributed by atoms with Gasteiger partial charge in [0, 0.05) is 15.0 Å². The Morgan fingerprint density at radius 3 is 2.59 bits per heavy atom. The van der Waals surface area contributed by atoms with Crippen LogP contribution in [0.1, 0.15) is 5.56 Å². The predicted molar refractivity (Wildman–Crippen MR) is 77.4 cm³/mol. The Bertz CT molecular complexity index is 550. The van der Waals surface area contributed by atoms with Crippen molar-refractivity contribution in [3.8, 4) is 16.9 Å². The molecular formula is C14H11Br2O. The van der Waals surface area contributed by atoms with Crippen LogP contribution in [-0.4, -0.2) is 7.11 Å². The zero-order chi connectivity index (χ0) is 12.4. The van der Waals surface area contributed by atoms with Crippen LogP contribution in [0.5, 0.6) is 5.75 Å². The number of hydrogen-bond acceptors (Lipinski definition) is 1. The normalized spacial score (nSPS) is 10.4. The minimum absolute atomic E-state index is 0.748. The van der Waals surface area contributed by atoms with E-state index in [-0.39, 0.29) is 0 Å². The molecule has 1 radical (unpaired) electrons. The number of rotatable bonds is 2. The van der Waals surface area contributed by atoms with Gasteiger partial charge in [0.25, 0.3) is 0 Å². The summed E-state index contributed by atoms with van der Waals surface area (Å²) in [5.74, 6) is 0.748. The molecule has 3 heteroatoms. The zero-order valence-electron chi connectivity index (χ0n) is 9.55. The molecule has 1 nitrogen and oxygen atoms in total. The first-order chi connectivity index (χ1) is 8.11. The number of methoxy groups -OCH3 is 1. The first-order valence-electron chi connectivity index (χ1n) is 5.13. The highest BCUT2D eigenvalue weighted by atomic mass is 79.9. The fourth-order valence-electron chi connectivity index (χ4n) is 1.66. The molecule has 0 aliphatic rings. The first-order valence-corrected chi connectivity index (χ1v) is 6.72. The molecule has 0 aliphatic heterocycles. The maximum atomic E-state index is 5.22. The van der Waals surface area contributed by atoms with Gasteiger partial charge in [0.1, 0.15) is 5.75 Å². The minimum Gasteiger partial charge on any atom is -0.496 e. The van der Waals surface area contributed by atoms with Gasteiger partial charge in [0.2, 0.25) is 0 Å². The van der Waals surface area contributed by atoms with Gasteiger partial charge in [-0.3, -0.25) is 0 Å². The molecule has 2 aromatic rings. The summed E-state index contributed by atoms with van der Waals surface area (Å²) in [6, 6.07) is 13.2. The van der Waals surface area contributed by atoms with E-state index in [4.69, 9.17) is 4.74 Å². The largest absolute Gasteiger partial charge is 0.496 e. The van der Waals surface area contributed by atoms with Crippen molar-refractivity contribution in [2.75, 3.05) is 7.11 Å². The molecule has 0 fully saturated rings. The second-order valence-electron chi connectivity index (χ2n) is 3.72. The molecule has 0 saturated heterocycles. The summed E-state index contributed by atoms with van der Waals surface area (Å²) in [5, 5.41) is 0. The molecule has 0 spiro atoms. The Labute approximate surface area is 118 Å². The molecule has 0 saturated carbocycles. The van der Waals surface area contributed by atoms with Crippen LogP contribution in [0.2, 0.25) is 0 Å². The molecule has 0 atom stereocenters. The van der Waals surface area contributed by atoms with Gasteiger partial charge in [0.15, 0.2) is 0 Å². The van der Waals surface area contributed by atoms with E-state index in [1.54, 1.807) is 7.11 Å². The molecule has 0 amide bonds. The third-order valence-corrected chi connectivity index (χ3v) is 3.75. The van der Waals surface area contributed by atoms with Crippen LogP contribution in [0, 0.1) is 13.0 Å². The summed E-state index contributed by atoms with van der Waals surface area (Å²) in [5.41, 5.74) is 3.46. The van der Waals surface area contributed by atoms with Crippen molar-refractivity contribution in [3.05, 3.63) is 50.9 Å². The smallest absolute Gasteiger partial charge is 0.127 e. The lowest BCUT2D eigenvalue weighted by atomic mass is 10.0. The number of hydrogen-bond donors (Lipinski definition) is 0. The van der Waals surface area contributed by atoms with Crippen LogP contribution in [0.3, 0.4) is 0 Å². The summed E-state index contributed by atoms with van der Waals surface area (Å²) in [7, 11) is 1.65. The lowest BCUT2D eigenvalue weighted by molar-refractivity contribution is 0.414. The molecule has 0 heterocycles. The van der Waals surface area contributed by atoms with Gasteiger partial charge in [-0.25, -0.2) is 0 Å². The maximum Gasteiger partial charge on any atom is 0.127 e. The lowest BCUT2D eigenvalue weighted by Crippen LogP contribution is -1.89. The van der Waals surface area contributed by atoms with E-state index in [0.717, 1.165) is 25.8 Å². The van der Waals surface area contributed by atoms with Gasteiger partial charge in [-0.05, 0) is 53.9 Å². The van der Waals surface area contributed by atoms with Crippen LogP contribution in [0.25, 0.3) is 11.1 Å². The minimum atomic E-state index is 0.748. The first kappa shape index (κ1) is 12.7. The highest BCUT2D eigenvalue weighted by molar-refractivity contribution is 9.11. The van der Waals surface area contributed by atoms with Gasteiger partial charge in [-0.1, -0.05) is 31.9 Å². The molecule has 2 rings (SSSR count). The quantitative estimate of drug-likeness (QED) is 0.737. The summed E-state index contributed by atoms with van der Waals surface area (Å²) >= 11 is 7.07. The van der Waals surface area contributed by atoms with E-state index in [2.05, 4.69) is 50.9 Å². The molecule has 0 aliphatic carbocycles. The Morgan fingerprint density at radius 1 is 1.12 bits per heavy atom. The van der Waals surface area contributed by atoms with Crippen LogP contribution in [0.4, 0.5) is 0 Å². The molecule has 2 aromatic carbocycles.